The number of rotatable bonds is 4. The van der Waals surface area contributed by atoms with E-state index >= 15 is 0 Å². The van der Waals surface area contributed by atoms with E-state index in [0.717, 1.165) is 6.42 Å². The van der Waals surface area contributed by atoms with Crippen LogP contribution in [0.25, 0.3) is 6.08 Å². The first-order valence-electron chi connectivity index (χ1n) is 6.12. The molecule has 0 saturated heterocycles. The van der Waals surface area contributed by atoms with Crippen LogP contribution in [-0.2, 0) is 4.79 Å². The molecule has 1 aromatic rings. The Bertz CT molecular complexity index is 456. The number of nitriles is 1. The van der Waals surface area contributed by atoms with Crippen molar-refractivity contribution in [3.05, 3.63) is 67.3 Å². The Hall–Kier alpha value is -2.60. The van der Waals surface area contributed by atoms with Gasteiger partial charge in [-0.05, 0) is 12.0 Å². The number of aliphatic carboxylic acids is 1. The molecule has 3 heteroatoms. The minimum atomic E-state index is -0.883. The standard InChI is InChI=1S/C8H8.C6H10O2.C3H3N/c1-2-8-6-4-3-5-7-8;1-3-4-5(2)6(7)8;1-2-3-4/h2-7H,1H2;2-4H2,1H3,(H,7,8);2H,1H2. The molecule has 0 aromatic heterocycles. The van der Waals surface area contributed by atoms with Crippen molar-refractivity contribution in [1.82, 2.24) is 0 Å². The third kappa shape index (κ3) is 13.5. The molecular formula is C17H21NO2. The van der Waals surface area contributed by atoms with Gasteiger partial charge in [0.1, 0.15) is 0 Å². The summed E-state index contributed by atoms with van der Waals surface area (Å²) in [6.07, 6.45) is 4.46. The van der Waals surface area contributed by atoms with Crippen LogP contribution in [0.4, 0.5) is 0 Å². The summed E-state index contributed by atoms with van der Waals surface area (Å²) in [4.78, 5) is 9.99. The SMILES string of the molecule is C=C(CCC)C(=O)O.C=CC#N.C=Cc1ccccc1. The van der Waals surface area contributed by atoms with Crippen molar-refractivity contribution in [3.8, 4) is 6.07 Å². The average molecular weight is 271 g/mol. The van der Waals surface area contributed by atoms with E-state index in [1.807, 2.05) is 43.3 Å². The van der Waals surface area contributed by atoms with E-state index in [1.54, 1.807) is 6.07 Å². The molecule has 0 aliphatic heterocycles. The molecule has 0 aliphatic carbocycles. The van der Waals surface area contributed by atoms with Crippen LogP contribution in [0.1, 0.15) is 25.3 Å². The van der Waals surface area contributed by atoms with Crippen molar-refractivity contribution in [3.63, 3.8) is 0 Å². The van der Waals surface area contributed by atoms with Gasteiger partial charge in [0.25, 0.3) is 0 Å². The van der Waals surface area contributed by atoms with Gasteiger partial charge < -0.3 is 5.11 Å². The highest BCUT2D eigenvalue weighted by atomic mass is 16.4. The number of allylic oxidation sites excluding steroid dienone is 1. The fraction of sp³-hybridized carbons (Fsp3) is 0.176. The van der Waals surface area contributed by atoms with Crippen molar-refractivity contribution in [2.75, 3.05) is 0 Å². The van der Waals surface area contributed by atoms with Crippen molar-refractivity contribution in [2.24, 2.45) is 0 Å². The fourth-order valence-corrected chi connectivity index (χ4v) is 0.998. The molecule has 1 N–H and O–H groups in total. The predicted molar refractivity (Wildman–Crippen MR) is 84.0 cm³/mol. The van der Waals surface area contributed by atoms with Crippen molar-refractivity contribution >= 4 is 12.0 Å². The molecule has 0 heterocycles. The molecule has 1 aromatic carbocycles. The van der Waals surface area contributed by atoms with Gasteiger partial charge in [0.15, 0.2) is 0 Å². The summed E-state index contributed by atoms with van der Waals surface area (Å²) in [5.74, 6) is -0.883. The highest BCUT2D eigenvalue weighted by molar-refractivity contribution is 5.85. The third-order valence-electron chi connectivity index (χ3n) is 1.98. The molecule has 3 nitrogen and oxygen atoms in total. The highest BCUT2D eigenvalue weighted by Crippen LogP contribution is 1.99. The molecular weight excluding hydrogens is 250 g/mol. The van der Waals surface area contributed by atoms with Crippen LogP contribution in [0.2, 0.25) is 0 Å². The summed E-state index contributed by atoms with van der Waals surface area (Å²) in [6, 6.07) is 11.7. The Morgan fingerprint density at radius 1 is 1.35 bits per heavy atom. The lowest BCUT2D eigenvalue weighted by atomic mass is 10.2. The van der Waals surface area contributed by atoms with E-state index in [1.165, 1.54) is 11.6 Å². The molecule has 106 valence electrons. The smallest absolute Gasteiger partial charge is 0.330 e. The van der Waals surface area contributed by atoms with Gasteiger partial charge in [-0.3, -0.25) is 0 Å². The van der Waals surface area contributed by atoms with Crippen LogP contribution in [0.5, 0.6) is 0 Å². The van der Waals surface area contributed by atoms with Gasteiger partial charge in [-0.2, -0.15) is 5.26 Å². The van der Waals surface area contributed by atoms with E-state index in [-0.39, 0.29) is 0 Å². The van der Waals surface area contributed by atoms with Crippen molar-refractivity contribution < 1.29 is 9.90 Å². The van der Waals surface area contributed by atoms with E-state index in [2.05, 4.69) is 19.7 Å². The van der Waals surface area contributed by atoms with Gasteiger partial charge in [-0.15, -0.1) is 0 Å². The topological polar surface area (TPSA) is 61.1 Å². The lowest BCUT2D eigenvalue weighted by Gasteiger charge is -1.92. The zero-order valence-corrected chi connectivity index (χ0v) is 11.9. The Kier molecular flexibility index (Phi) is 14.3. The summed E-state index contributed by atoms with van der Waals surface area (Å²) in [5.41, 5.74) is 1.47. The molecule has 0 atom stereocenters. The Morgan fingerprint density at radius 2 is 1.85 bits per heavy atom. The number of benzene rings is 1. The second kappa shape index (κ2) is 14.5. The summed E-state index contributed by atoms with van der Waals surface area (Å²) in [7, 11) is 0. The summed E-state index contributed by atoms with van der Waals surface area (Å²) >= 11 is 0. The zero-order valence-electron chi connectivity index (χ0n) is 11.9. The van der Waals surface area contributed by atoms with Crippen LogP contribution in [0.15, 0.2) is 61.7 Å². The van der Waals surface area contributed by atoms with E-state index in [9.17, 15) is 4.79 Å². The van der Waals surface area contributed by atoms with Crippen LogP contribution in [-0.4, -0.2) is 11.1 Å². The molecule has 0 aliphatic rings. The number of carboxylic acids is 1. The number of hydrogen-bond acceptors (Lipinski definition) is 2. The summed E-state index contributed by atoms with van der Waals surface area (Å²) in [5, 5.41) is 15.7. The Balaban J connectivity index is 0. The van der Waals surface area contributed by atoms with Gasteiger partial charge in [-0.1, -0.05) is 69.5 Å². The second-order valence-corrected chi connectivity index (χ2v) is 3.61. The first-order valence-corrected chi connectivity index (χ1v) is 6.12. The molecule has 0 radical (unpaired) electrons. The maximum atomic E-state index is 9.99. The highest BCUT2D eigenvalue weighted by Gasteiger charge is 1.99. The van der Waals surface area contributed by atoms with Crippen LogP contribution >= 0.6 is 0 Å². The zero-order chi connectivity index (χ0) is 15.8. The van der Waals surface area contributed by atoms with Crippen LogP contribution in [0, 0.1) is 11.3 Å². The number of hydrogen-bond donors (Lipinski definition) is 1. The van der Waals surface area contributed by atoms with Gasteiger partial charge in [0.05, 0.1) is 6.07 Å². The largest absolute Gasteiger partial charge is 0.478 e. The van der Waals surface area contributed by atoms with Gasteiger partial charge in [-0.25, -0.2) is 4.79 Å². The maximum absolute atomic E-state index is 9.99. The minimum absolute atomic E-state index is 0.299. The summed E-state index contributed by atoms with van der Waals surface area (Å²) < 4.78 is 0. The molecule has 0 unspecified atom stereocenters. The lowest BCUT2D eigenvalue weighted by molar-refractivity contribution is -0.132. The number of carboxylic acid groups (broad SMARTS) is 1. The first kappa shape index (κ1) is 19.7. The normalized spacial score (nSPS) is 7.60. The monoisotopic (exact) mass is 271 g/mol. The van der Waals surface area contributed by atoms with E-state index < -0.39 is 5.97 Å². The number of nitrogens with zero attached hydrogens (tertiary/aromatic N) is 1. The molecule has 0 amide bonds. The fourth-order valence-electron chi connectivity index (χ4n) is 0.998. The Morgan fingerprint density at radius 3 is 2.05 bits per heavy atom. The molecule has 0 bridgehead atoms. The third-order valence-corrected chi connectivity index (χ3v) is 1.98. The summed E-state index contributed by atoms with van der Waals surface area (Å²) in [6.45, 7) is 12.0. The molecule has 20 heavy (non-hydrogen) atoms. The molecule has 0 fully saturated rings. The lowest BCUT2D eigenvalue weighted by Crippen LogP contribution is -1.97. The molecule has 0 saturated carbocycles. The predicted octanol–water partition coefficient (Wildman–Crippen LogP) is 4.45. The van der Waals surface area contributed by atoms with Crippen LogP contribution < -0.4 is 0 Å². The van der Waals surface area contributed by atoms with Crippen molar-refractivity contribution in [2.45, 2.75) is 19.8 Å². The second-order valence-electron chi connectivity index (χ2n) is 3.61. The van der Waals surface area contributed by atoms with Gasteiger partial charge >= 0.3 is 5.97 Å². The van der Waals surface area contributed by atoms with Gasteiger partial charge in [0, 0.05) is 11.6 Å². The number of carbonyl (C=O) groups is 1. The first-order chi connectivity index (χ1) is 9.53. The van der Waals surface area contributed by atoms with Crippen LogP contribution in [0.3, 0.4) is 0 Å². The van der Waals surface area contributed by atoms with E-state index in [4.69, 9.17) is 10.4 Å². The molecule has 1 rings (SSSR count). The minimum Gasteiger partial charge on any atom is -0.478 e. The maximum Gasteiger partial charge on any atom is 0.330 e. The van der Waals surface area contributed by atoms with Gasteiger partial charge in [0.2, 0.25) is 0 Å². The molecule has 0 spiro atoms. The average Bonchev–Trinajstić information content (AvgIpc) is 2.49. The quantitative estimate of drug-likeness (QED) is 0.650. The van der Waals surface area contributed by atoms with E-state index in [0.29, 0.717) is 12.0 Å². The van der Waals surface area contributed by atoms with Crippen molar-refractivity contribution in [1.29, 1.82) is 5.26 Å². The Labute approximate surface area is 121 Å².